The molecule has 1 heterocycles. The van der Waals surface area contributed by atoms with Crippen molar-refractivity contribution < 1.29 is 9.59 Å². The van der Waals surface area contributed by atoms with Gasteiger partial charge in [-0.15, -0.1) is 0 Å². The van der Waals surface area contributed by atoms with Gasteiger partial charge in [0.15, 0.2) is 0 Å². The number of rotatable bonds is 5. The molecule has 5 nitrogen and oxygen atoms in total. The van der Waals surface area contributed by atoms with Crippen LogP contribution in [-0.2, 0) is 9.59 Å². The SMILES string of the molecule is NC(CC(=O)Nc1cccc(N2CCCC2=O)c1)c1ccccc1. The Balaban J connectivity index is 1.63. The molecule has 0 aromatic heterocycles. The fourth-order valence-electron chi connectivity index (χ4n) is 2.90. The molecule has 2 aromatic carbocycles. The van der Waals surface area contributed by atoms with E-state index in [0.717, 1.165) is 24.2 Å². The molecule has 1 atom stereocenters. The number of hydrogen-bond acceptors (Lipinski definition) is 3. The van der Waals surface area contributed by atoms with Crippen molar-refractivity contribution in [1.82, 2.24) is 0 Å². The lowest BCUT2D eigenvalue weighted by Gasteiger charge is -2.17. The van der Waals surface area contributed by atoms with Gasteiger partial charge in [-0.3, -0.25) is 9.59 Å². The molecule has 124 valence electrons. The van der Waals surface area contributed by atoms with Crippen LogP contribution in [0.25, 0.3) is 0 Å². The maximum Gasteiger partial charge on any atom is 0.227 e. The molecule has 2 aromatic rings. The highest BCUT2D eigenvalue weighted by molar-refractivity contribution is 5.97. The molecule has 0 bridgehead atoms. The van der Waals surface area contributed by atoms with E-state index >= 15 is 0 Å². The summed E-state index contributed by atoms with van der Waals surface area (Å²) >= 11 is 0. The molecule has 2 amide bonds. The van der Waals surface area contributed by atoms with Gasteiger partial charge in [-0.1, -0.05) is 36.4 Å². The summed E-state index contributed by atoms with van der Waals surface area (Å²) in [7, 11) is 0. The standard InChI is InChI=1S/C19H21N3O2/c20-17(14-6-2-1-3-7-14)13-18(23)21-15-8-4-9-16(12-15)22-11-5-10-19(22)24/h1-4,6-9,12,17H,5,10-11,13,20H2,(H,21,23). The summed E-state index contributed by atoms with van der Waals surface area (Å²) < 4.78 is 0. The van der Waals surface area contributed by atoms with Crippen molar-refractivity contribution in [3.8, 4) is 0 Å². The van der Waals surface area contributed by atoms with Crippen molar-refractivity contribution in [2.45, 2.75) is 25.3 Å². The zero-order chi connectivity index (χ0) is 16.9. The van der Waals surface area contributed by atoms with E-state index in [1.165, 1.54) is 0 Å². The molecule has 0 radical (unpaired) electrons. The molecule has 24 heavy (non-hydrogen) atoms. The van der Waals surface area contributed by atoms with Crippen molar-refractivity contribution in [1.29, 1.82) is 0 Å². The Hall–Kier alpha value is -2.66. The fraction of sp³-hybridized carbons (Fsp3) is 0.263. The number of nitrogens with one attached hydrogen (secondary N) is 1. The van der Waals surface area contributed by atoms with Crippen LogP contribution in [0.5, 0.6) is 0 Å². The van der Waals surface area contributed by atoms with Gasteiger partial charge >= 0.3 is 0 Å². The van der Waals surface area contributed by atoms with Crippen molar-refractivity contribution in [2.24, 2.45) is 5.73 Å². The van der Waals surface area contributed by atoms with Gasteiger partial charge in [-0.2, -0.15) is 0 Å². The summed E-state index contributed by atoms with van der Waals surface area (Å²) in [5.41, 5.74) is 8.52. The van der Waals surface area contributed by atoms with Crippen LogP contribution >= 0.6 is 0 Å². The lowest BCUT2D eigenvalue weighted by molar-refractivity contribution is -0.117. The molecule has 1 aliphatic heterocycles. The van der Waals surface area contributed by atoms with Crippen LogP contribution in [0.2, 0.25) is 0 Å². The normalized spacial score (nSPS) is 15.4. The van der Waals surface area contributed by atoms with Crippen molar-refractivity contribution >= 4 is 23.2 Å². The molecule has 1 aliphatic rings. The number of nitrogens with two attached hydrogens (primary N) is 1. The highest BCUT2D eigenvalue weighted by atomic mass is 16.2. The van der Waals surface area contributed by atoms with Gasteiger partial charge < -0.3 is 16.0 Å². The molecule has 1 saturated heterocycles. The molecule has 3 N–H and O–H groups in total. The molecule has 3 rings (SSSR count). The minimum Gasteiger partial charge on any atom is -0.326 e. The van der Waals surface area contributed by atoms with Crippen molar-refractivity contribution in [3.05, 3.63) is 60.2 Å². The maximum atomic E-state index is 12.2. The van der Waals surface area contributed by atoms with E-state index in [9.17, 15) is 9.59 Å². The zero-order valence-corrected chi connectivity index (χ0v) is 13.4. The summed E-state index contributed by atoms with van der Waals surface area (Å²) in [6.07, 6.45) is 1.67. The van der Waals surface area contributed by atoms with E-state index in [1.807, 2.05) is 54.6 Å². The summed E-state index contributed by atoms with van der Waals surface area (Å²) in [6.45, 7) is 0.731. The van der Waals surface area contributed by atoms with Gasteiger partial charge in [-0.25, -0.2) is 0 Å². The fourth-order valence-corrected chi connectivity index (χ4v) is 2.90. The van der Waals surface area contributed by atoms with E-state index in [-0.39, 0.29) is 24.3 Å². The average Bonchev–Trinajstić information content (AvgIpc) is 3.02. The zero-order valence-electron chi connectivity index (χ0n) is 13.4. The van der Waals surface area contributed by atoms with E-state index in [1.54, 1.807) is 4.90 Å². The Kier molecular flexibility index (Phi) is 4.91. The van der Waals surface area contributed by atoms with Gasteiger partial charge in [0.05, 0.1) is 0 Å². The van der Waals surface area contributed by atoms with Gasteiger partial charge in [0.2, 0.25) is 11.8 Å². The van der Waals surface area contributed by atoms with Crippen LogP contribution in [0.15, 0.2) is 54.6 Å². The Morgan fingerprint density at radius 1 is 1.17 bits per heavy atom. The van der Waals surface area contributed by atoms with Gasteiger partial charge in [0.25, 0.3) is 0 Å². The number of amides is 2. The monoisotopic (exact) mass is 323 g/mol. The topological polar surface area (TPSA) is 75.4 Å². The minimum absolute atomic E-state index is 0.129. The van der Waals surface area contributed by atoms with E-state index in [2.05, 4.69) is 5.32 Å². The Labute approximate surface area is 141 Å². The lowest BCUT2D eigenvalue weighted by atomic mass is 10.0. The van der Waals surface area contributed by atoms with E-state index < -0.39 is 0 Å². The number of carbonyl (C=O) groups is 2. The molecular weight excluding hydrogens is 302 g/mol. The largest absolute Gasteiger partial charge is 0.326 e. The predicted octanol–water partition coefficient (Wildman–Crippen LogP) is 2.84. The smallest absolute Gasteiger partial charge is 0.227 e. The van der Waals surface area contributed by atoms with Crippen LogP contribution in [0.1, 0.15) is 30.9 Å². The molecule has 5 heteroatoms. The molecule has 0 spiro atoms. The second-order valence-corrected chi connectivity index (χ2v) is 5.97. The number of benzene rings is 2. The molecule has 0 saturated carbocycles. The highest BCUT2D eigenvalue weighted by Gasteiger charge is 2.21. The number of carbonyl (C=O) groups excluding carboxylic acids is 2. The number of anilines is 2. The predicted molar refractivity (Wildman–Crippen MR) is 94.6 cm³/mol. The third kappa shape index (κ3) is 3.81. The minimum atomic E-state index is -0.338. The van der Waals surface area contributed by atoms with Crippen LogP contribution in [0.4, 0.5) is 11.4 Å². The van der Waals surface area contributed by atoms with Crippen LogP contribution in [0, 0.1) is 0 Å². The maximum absolute atomic E-state index is 12.2. The summed E-state index contributed by atoms with van der Waals surface area (Å²) in [6, 6.07) is 16.6. The van der Waals surface area contributed by atoms with Crippen LogP contribution in [-0.4, -0.2) is 18.4 Å². The van der Waals surface area contributed by atoms with Crippen LogP contribution < -0.4 is 16.0 Å². The first-order valence-corrected chi connectivity index (χ1v) is 8.14. The summed E-state index contributed by atoms with van der Waals surface area (Å²) in [5, 5.41) is 2.86. The first-order chi connectivity index (χ1) is 11.6. The first kappa shape index (κ1) is 16.2. The number of nitrogens with zero attached hydrogens (tertiary/aromatic N) is 1. The second-order valence-electron chi connectivity index (χ2n) is 5.97. The summed E-state index contributed by atoms with van der Waals surface area (Å²) in [4.78, 5) is 25.8. The number of hydrogen-bond donors (Lipinski definition) is 2. The Morgan fingerprint density at radius 3 is 2.67 bits per heavy atom. The van der Waals surface area contributed by atoms with E-state index in [0.29, 0.717) is 12.1 Å². The lowest BCUT2D eigenvalue weighted by Crippen LogP contribution is -2.24. The van der Waals surface area contributed by atoms with Gasteiger partial charge in [0, 0.05) is 36.8 Å². The van der Waals surface area contributed by atoms with Gasteiger partial charge in [0.1, 0.15) is 0 Å². The molecular formula is C19H21N3O2. The van der Waals surface area contributed by atoms with Crippen molar-refractivity contribution in [3.63, 3.8) is 0 Å². The third-order valence-corrected chi connectivity index (χ3v) is 4.15. The molecule has 1 fully saturated rings. The Bertz CT molecular complexity index is 730. The highest BCUT2D eigenvalue weighted by Crippen LogP contribution is 2.24. The second kappa shape index (κ2) is 7.27. The van der Waals surface area contributed by atoms with Gasteiger partial charge in [-0.05, 0) is 30.2 Å². The average molecular weight is 323 g/mol. The van der Waals surface area contributed by atoms with Crippen molar-refractivity contribution in [2.75, 3.05) is 16.8 Å². The summed E-state index contributed by atoms with van der Waals surface area (Å²) in [5.74, 6) is -0.0131. The quantitative estimate of drug-likeness (QED) is 0.888. The third-order valence-electron chi connectivity index (χ3n) is 4.15. The van der Waals surface area contributed by atoms with E-state index in [4.69, 9.17) is 5.73 Å². The Morgan fingerprint density at radius 2 is 1.96 bits per heavy atom. The van der Waals surface area contributed by atoms with Crippen LogP contribution in [0.3, 0.4) is 0 Å². The molecule has 0 aliphatic carbocycles. The first-order valence-electron chi connectivity index (χ1n) is 8.14. The molecule has 1 unspecified atom stereocenters.